The number of hydrogen-bond donors (Lipinski definition) is 1. The van der Waals surface area contributed by atoms with Crippen molar-refractivity contribution in [1.82, 2.24) is 5.32 Å². The van der Waals surface area contributed by atoms with E-state index in [4.69, 9.17) is 9.47 Å². The fraction of sp³-hybridized carbons (Fsp3) is 0.381. The Bertz CT molecular complexity index is 690. The minimum Gasteiger partial charge on any atom is -0.465 e. The molecular weight excluding hydrogens is 342 g/mol. The van der Waals surface area contributed by atoms with Crippen molar-refractivity contribution in [3.8, 4) is 5.75 Å². The third-order valence-electron chi connectivity index (χ3n) is 3.63. The largest absolute Gasteiger partial charge is 0.465 e. The molecule has 2 aromatic carbocycles. The Morgan fingerprint density at radius 3 is 2.22 bits per heavy atom. The lowest BCUT2D eigenvalue weighted by molar-refractivity contribution is -0.116. The predicted molar refractivity (Wildman–Crippen MR) is 112 cm³/mol. The van der Waals surface area contributed by atoms with Crippen molar-refractivity contribution in [2.24, 2.45) is 0 Å². The maximum Gasteiger partial charge on any atom is 0.224 e. The van der Waals surface area contributed by atoms with Crippen molar-refractivity contribution < 1.29 is 14.3 Å². The summed E-state index contributed by atoms with van der Waals surface area (Å²) in [4.78, 5) is 15.8. The number of hydrogen-bond acceptors (Lipinski definition) is 5. The molecule has 1 N–H and O–H groups in total. The number of para-hydroxylation sites is 1. The third-order valence-corrected chi connectivity index (χ3v) is 3.63. The van der Waals surface area contributed by atoms with E-state index in [-0.39, 0.29) is 12.7 Å². The highest BCUT2D eigenvalue weighted by atomic mass is 16.7. The van der Waals surface area contributed by atoms with Gasteiger partial charge in [0.15, 0.2) is 6.79 Å². The summed E-state index contributed by atoms with van der Waals surface area (Å²) in [5.41, 5.74) is 2.86. The normalized spacial score (nSPS) is 9.85. The van der Waals surface area contributed by atoms with Crippen molar-refractivity contribution in [3.05, 3.63) is 54.1 Å². The average Bonchev–Trinajstić information content (AvgIpc) is 2.65. The second kappa shape index (κ2) is 11.9. The molecule has 27 heavy (non-hydrogen) atoms. The third kappa shape index (κ3) is 7.29. The Balaban J connectivity index is 0.00000114. The smallest absolute Gasteiger partial charge is 0.224 e. The summed E-state index contributed by atoms with van der Waals surface area (Å²) in [6.07, 6.45) is 0. The lowest BCUT2D eigenvalue weighted by Gasteiger charge is -2.23. The van der Waals surface area contributed by atoms with Gasteiger partial charge in [0, 0.05) is 33.8 Å². The molecule has 0 aromatic heterocycles. The van der Waals surface area contributed by atoms with E-state index in [1.807, 2.05) is 81.6 Å². The number of benzene rings is 2. The highest BCUT2D eigenvalue weighted by Crippen LogP contribution is 2.29. The molecule has 148 valence electrons. The molecule has 0 radical (unpaired) electrons. The molecular formula is C21H31N3O3. The second-order valence-corrected chi connectivity index (χ2v) is 6.19. The van der Waals surface area contributed by atoms with Crippen LogP contribution in [-0.4, -0.2) is 48.0 Å². The molecule has 0 unspecified atom stereocenters. The van der Waals surface area contributed by atoms with Gasteiger partial charge in [0.25, 0.3) is 0 Å². The molecule has 0 saturated heterocycles. The van der Waals surface area contributed by atoms with Crippen molar-refractivity contribution in [1.29, 1.82) is 0 Å². The first-order chi connectivity index (χ1) is 12.9. The van der Waals surface area contributed by atoms with E-state index in [0.29, 0.717) is 6.54 Å². The van der Waals surface area contributed by atoms with E-state index >= 15 is 0 Å². The number of rotatable bonds is 7. The Labute approximate surface area is 162 Å². The molecule has 6 nitrogen and oxygen atoms in total. The highest BCUT2D eigenvalue weighted by Gasteiger charge is 2.14. The number of nitrogens with zero attached hydrogens (tertiary/aromatic N) is 2. The molecule has 2 rings (SSSR count). The van der Waals surface area contributed by atoms with Crippen LogP contribution in [0.1, 0.15) is 12.5 Å². The standard InChI is InChI=1S/C19H24N2O3.C2H7N/c1-15(22)21(17-8-6-5-7-9-17)13-16-10-11-19(24-14-23-4)18(12-16)20(2)3;1-3-2/h5-12H,13-14H2,1-4H3;3H,1-2H3. The number of amides is 1. The number of nitrogens with one attached hydrogen (secondary N) is 1. The fourth-order valence-electron chi connectivity index (χ4n) is 2.43. The number of ether oxygens (including phenoxy) is 2. The number of anilines is 2. The van der Waals surface area contributed by atoms with Gasteiger partial charge in [-0.3, -0.25) is 4.79 Å². The van der Waals surface area contributed by atoms with Crippen LogP contribution < -0.4 is 19.9 Å². The first kappa shape index (κ1) is 22.5. The van der Waals surface area contributed by atoms with Gasteiger partial charge in [-0.05, 0) is 43.9 Å². The molecule has 0 saturated carbocycles. The summed E-state index contributed by atoms with van der Waals surface area (Å²) in [5.74, 6) is 0.756. The van der Waals surface area contributed by atoms with Gasteiger partial charge in [0.2, 0.25) is 5.91 Å². The van der Waals surface area contributed by atoms with Crippen LogP contribution in [0, 0.1) is 0 Å². The van der Waals surface area contributed by atoms with Crippen LogP contribution in [-0.2, 0) is 16.1 Å². The average molecular weight is 373 g/mol. The van der Waals surface area contributed by atoms with Gasteiger partial charge in [-0.25, -0.2) is 0 Å². The van der Waals surface area contributed by atoms with Crippen LogP contribution >= 0.6 is 0 Å². The van der Waals surface area contributed by atoms with E-state index in [2.05, 4.69) is 5.32 Å². The van der Waals surface area contributed by atoms with Crippen molar-refractivity contribution in [3.63, 3.8) is 0 Å². The fourth-order valence-corrected chi connectivity index (χ4v) is 2.43. The van der Waals surface area contributed by atoms with Crippen molar-refractivity contribution in [2.45, 2.75) is 13.5 Å². The van der Waals surface area contributed by atoms with Crippen LogP contribution in [0.2, 0.25) is 0 Å². The highest BCUT2D eigenvalue weighted by molar-refractivity contribution is 5.91. The second-order valence-electron chi connectivity index (χ2n) is 6.19. The van der Waals surface area contributed by atoms with E-state index in [1.165, 1.54) is 0 Å². The summed E-state index contributed by atoms with van der Waals surface area (Å²) in [6.45, 7) is 2.28. The zero-order valence-corrected chi connectivity index (χ0v) is 17.2. The Kier molecular flexibility index (Phi) is 9.93. The maximum absolute atomic E-state index is 12.1. The van der Waals surface area contributed by atoms with Crippen molar-refractivity contribution in [2.75, 3.05) is 51.9 Å². The molecule has 0 heterocycles. The van der Waals surface area contributed by atoms with E-state index in [9.17, 15) is 4.79 Å². The zero-order chi connectivity index (χ0) is 20.2. The topological polar surface area (TPSA) is 54.0 Å². The minimum absolute atomic E-state index is 0.00677. The Hall–Kier alpha value is -2.57. The Morgan fingerprint density at radius 1 is 1.07 bits per heavy atom. The van der Waals surface area contributed by atoms with Crippen LogP contribution in [0.4, 0.5) is 11.4 Å². The van der Waals surface area contributed by atoms with E-state index in [0.717, 1.165) is 22.7 Å². The molecule has 0 aliphatic carbocycles. The first-order valence-electron chi connectivity index (χ1n) is 8.78. The molecule has 1 amide bonds. The monoisotopic (exact) mass is 373 g/mol. The van der Waals surface area contributed by atoms with Crippen molar-refractivity contribution >= 4 is 17.3 Å². The summed E-state index contributed by atoms with van der Waals surface area (Å²) in [6, 6.07) is 15.6. The summed E-state index contributed by atoms with van der Waals surface area (Å²) in [5, 5.41) is 2.75. The van der Waals surface area contributed by atoms with E-state index in [1.54, 1.807) is 18.9 Å². The van der Waals surface area contributed by atoms with Crippen LogP contribution in [0.5, 0.6) is 5.75 Å². The molecule has 0 aliphatic heterocycles. The van der Waals surface area contributed by atoms with Crippen LogP contribution in [0.15, 0.2) is 48.5 Å². The van der Waals surface area contributed by atoms with Gasteiger partial charge < -0.3 is 24.6 Å². The van der Waals surface area contributed by atoms with Gasteiger partial charge in [0.1, 0.15) is 5.75 Å². The minimum atomic E-state index is 0.00677. The quantitative estimate of drug-likeness (QED) is 0.756. The number of methoxy groups -OCH3 is 1. The first-order valence-corrected chi connectivity index (χ1v) is 8.78. The van der Waals surface area contributed by atoms with Crippen LogP contribution in [0.3, 0.4) is 0 Å². The summed E-state index contributed by atoms with van der Waals surface area (Å²) >= 11 is 0. The molecule has 0 spiro atoms. The van der Waals surface area contributed by atoms with Gasteiger partial charge >= 0.3 is 0 Å². The van der Waals surface area contributed by atoms with E-state index < -0.39 is 0 Å². The van der Waals surface area contributed by atoms with Gasteiger partial charge in [-0.1, -0.05) is 24.3 Å². The molecule has 2 aromatic rings. The van der Waals surface area contributed by atoms with Gasteiger partial charge in [0.05, 0.1) is 12.2 Å². The summed E-state index contributed by atoms with van der Waals surface area (Å²) in [7, 11) is 9.26. The van der Waals surface area contributed by atoms with Gasteiger partial charge in [-0.2, -0.15) is 0 Å². The Morgan fingerprint density at radius 2 is 1.70 bits per heavy atom. The number of carbonyl (C=O) groups is 1. The molecule has 6 heteroatoms. The maximum atomic E-state index is 12.1. The zero-order valence-electron chi connectivity index (χ0n) is 17.2. The predicted octanol–water partition coefficient (Wildman–Crippen LogP) is 3.12. The lowest BCUT2D eigenvalue weighted by Crippen LogP contribution is -2.27. The molecule has 0 fully saturated rings. The SMILES string of the molecule is CNC.COCOc1ccc(CN(C(C)=O)c2ccccc2)cc1N(C)C. The number of carbonyl (C=O) groups excluding carboxylic acids is 1. The summed E-state index contributed by atoms with van der Waals surface area (Å²) < 4.78 is 10.6. The molecule has 0 aliphatic rings. The van der Waals surface area contributed by atoms with Gasteiger partial charge in [-0.15, -0.1) is 0 Å². The molecule has 0 bridgehead atoms. The lowest BCUT2D eigenvalue weighted by atomic mass is 10.1. The molecule has 0 atom stereocenters. The van der Waals surface area contributed by atoms with Crippen LogP contribution in [0.25, 0.3) is 0 Å².